The molecule has 0 aliphatic heterocycles. The van der Waals surface area contributed by atoms with Crippen LogP contribution in [0.4, 0.5) is 0 Å². The fraction of sp³-hybridized carbons (Fsp3) is 0.400. The topological polar surface area (TPSA) is 0 Å². The predicted octanol–water partition coefficient (Wildman–Crippen LogP) is 10.3. The third-order valence-corrected chi connectivity index (χ3v) is 9.04. The number of hydrogen-bond donors (Lipinski definition) is 0. The number of fused-ring (bicyclic) bond motifs is 4. The molecule has 0 unspecified atom stereocenters. The first kappa shape index (κ1) is 28.4. The van der Waals surface area contributed by atoms with Crippen molar-refractivity contribution in [2.45, 2.75) is 103 Å². The Morgan fingerprint density at radius 2 is 0.325 bits per heavy atom. The Balaban J connectivity index is 0.000000108. The summed E-state index contributed by atoms with van der Waals surface area (Å²) in [5.74, 6) is 0. The van der Waals surface area contributed by atoms with Gasteiger partial charge in [0, 0.05) is 0 Å². The molecule has 4 aliphatic rings. The van der Waals surface area contributed by atoms with Gasteiger partial charge < -0.3 is 0 Å². The molecule has 4 aliphatic carbocycles. The fourth-order valence-corrected chi connectivity index (χ4v) is 6.70. The minimum Gasteiger partial charge on any atom is -0.0620 e. The molecule has 208 valence electrons. The van der Waals surface area contributed by atoms with E-state index in [9.17, 15) is 0 Å². The summed E-state index contributed by atoms with van der Waals surface area (Å²) in [4.78, 5) is 0. The zero-order chi connectivity index (χ0) is 27.2. The molecule has 0 atom stereocenters. The van der Waals surface area contributed by atoms with E-state index < -0.39 is 0 Å². The Morgan fingerprint density at radius 3 is 0.450 bits per heavy atom. The summed E-state index contributed by atoms with van der Waals surface area (Å²) in [6.45, 7) is 0. The highest BCUT2D eigenvalue weighted by atomic mass is 14.1. The third-order valence-electron chi connectivity index (χ3n) is 9.04. The van der Waals surface area contributed by atoms with Gasteiger partial charge in [-0.05, 0) is 147 Å². The lowest BCUT2D eigenvalue weighted by atomic mass is 9.92. The lowest BCUT2D eigenvalue weighted by molar-refractivity contribution is 0.685. The van der Waals surface area contributed by atoms with Crippen molar-refractivity contribution in [2.75, 3.05) is 0 Å². The molecule has 0 spiro atoms. The van der Waals surface area contributed by atoms with E-state index in [1.54, 1.807) is 44.5 Å². The lowest BCUT2D eigenvalue weighted by Gasteiger charge is -2.13. The van der Waals surface area contributed by atoms with E-state index in [0.717, 1.165) is 0 Å². The van der Waals surface area contributed by atoms with Crippen LogP contribution in [0.2, 0.25) is 0 Å². The quantitative estimate of drug-likeness (QED) is 0.213. The number of benzene rings is 4. The molecular weight excluding hydrogens is 480 g/mol. The van der Waals surface area contributed by atoms with Crippen molar-refractivity contribution < 1.29 is 0 Å². The molecule has 40 heavy (non-hydrogen) atoms. The first-order valence-electron chi connectivity index (χ1n) is 16.1. The van der Waals surface area contributed by atoms with E-state index in [-0.39, 0.29) is 0 Å². The van der Waals surface area contributed by atoms with Crippen molar-refractivity contribution in [3.05, 3.63) is 142 Å². The molecule has 4 aromatic rings. The summed E-state index contributed by atoms with van der Waals surface area (Å²) < 4.78 is 0. The minimum absolute atomic E-state index is 1.30. The molecule has 8 rings (SSSR count). The fourth-order valence-electron chi connectivity index (χ4n) is 6.70. The molecule has 0 bridgehead atoms. The second-order valence-electron chi connectivity index (χ2n) is 11.9. The molecule has 0 saturated carbocycles. The molecule has 0 heteroatoms. The van der Waals surface area contributed by atoms with Crippen LogP contribution >= 0.6 is 0 Å². The van der Waals surface area contributed by atoms with Gasteiger partial charge in [-0.15, -0.1) is 0 Å². The van der Waals surface area contributed by atoms with Crippen LogP contribution < -0.4 is 0 Å². The summed E-state index contributed by atoms with van der Waals surface area (Å²) in [6.07, 6.45) is 21.5. The van der Waals surface area contributed by atoms with Gasteiger partial charge in [-0.2, -0.15) is 0 Å². The summed E-state index contributed by atoms with van der Waals surface area (Å²) in [7, 11) is 0. The van der Waals surface area contributed by atoms with Crippen molar-refractivity contribution in [3.63, 3.8) is 0 Å². The second kappa shape index (κ2) is 15.6. The number of hydrogen-bond acceptors (Lipinski definition) is 0. The molecule has 0 fully saturated rings. The maximum atomic E-state index is 2.26. The molecule has 0 radical (unpaired) electrons. The third kappa shape index (κ3) is 8.44. The normalized spacial score (nSPS) is 16.4. The zero-order valence-corrected chi connectivity index (χ0v) is 24.6. The van der Waals surface area contributed by atoms with Crippen LogP contribution in [0.3, 0.4) is 0 Å². The molecule has 0 saturated heterocycles. The van der Waals surface area contributed by atoms with Crippen molar-refractivity contribution in [1.29, 1.82) is 0 Å². The monoisotopic (exact) mass is 528 g/mol. The van der Waals surface area contributed by atoms with Crippen LogP contribution in [0.15, 0.2) is 97.1 Å². The SMILES string of the molecule is c1ccc2c(c1)CCCC2.c1ccc2c(c1)CCCC2.c1ccc2c(c1)CCCC2.c1ccc2c(c1)CCCC2. The molecule has 0 N–H and O–H groups in total. The highest BCUT2D eigenvalue weighted by Crippen LogP contribution is 2.22. The van der Waals surface area contributed by atoms with Gasteiger partial charge in [-0.3, -0.25) is 0 Å². The van der Waals surface area contributed by atoms with E-state index in [1.807, 2.05) is 0 Å². The van der Waals surface area contributed by atoms with Gasteiger partial charge in [0.05, 0.1) is 0 Å². The van der Waals surface area contributed by atoms with E-state index in [2.05, 4.69) is 97.1 Å². The smallest absolute Gasteiger partial charge is 0.0276 e. The summed E-state index contributed by atoms with van der Waals surface area (Å²) in [5.41, 5.74) is 12.6. The Bertz CT molecular complexity index is 1010. The Hall–Kier alpha value is -3.12. The Morgan fingerprint density at radius 1 is 0.200 bits per heavy atom. The molecule has 0 heterocycles. The van der Waals surface area contributed by atoms with Crippen LogP contribution in [0.1, 0.15) is 95.9 Å². The molecule has 4 aromatic carbocycles. The largest absolute Gasteiger partial charge is 0.0620 e. The Kier molecular flexibility index (Phi) is 11.1. The van der Waals surface area contributed by atoms with Gasteiger partial charge in [0.2, 0.25) is 0 Å². The number of rotatable bonds is 0. The van der Waals surface area contributed by atoms with Crippen molar-refractivity contribution in [1.82, 2.24) is 0 Å². The number of aryl methyl sites for hydroxylation is 8. The minimum atomic E-state index is 1.30. The first-order valence-corrected chi connectivity index (χ1v) is 16.1. The van der Waals surface area contributed by atoms with Crippen LogP contribution in [-0.2, 0) is 51.4 Å². The average molecular weight is 529 g/mol. The highest BCUT2D eigenvalue weighted by Gasteiger charge is 2.08. The Labute approximate surface area is 243 Å². The maximum absolute atomic E-state index is 2.26. The van der Waals surface area contributed by atoms with Gasteiger partial charge in [0.1, 0.15) is 0 Å². The van der Waals surface area contributed by atoms with Gasteiger partial charge in [-0.1, -0.05) is 97.1 Å². The predicted molar refractivity (Wildman–Crippen MR) is 172 cm³/mol. The standard InChI is InChI=1S/4C10H12/c4*1-2-6-10-8-4-3-7-9(10)5-1/h4*1-2,5-6H,3-4,7-8H2. The molecule has 0 amide bonds. The second-order valence-corrected chi connectivity index (χ2v) is 11.9. The van der Waals surface area contributed by atoms with Crippen LogP contribution in [0.5, 0.6) is 0 Å². The van der Waals surface area contributed by atoms with Gasteiger partial charge >= 0.3 is 0 Å². The summed E-state index contributed by atoms with van der Waals surface area (Å²) in [5, 5.41) is 0. The van der Waals surface area contributed by atoms with Gasteiger partial charge in [0.15, 0.2) is 0 Å². The molecule has 0 nitrogen and oxygen atoms in total. The maximum Gasteiger partial charge on any atom is -0.0276 e. The van der Waals surface area contributed by atoms with E-state index in [0.29, 0.717) is 0 Å². The lowest BCUT2D eigenvalue weighted by Crippen LogP contribution is -2.00. The van der Waals surface area contributed by atoms with Crippen LogP contribution in [0.25, 0.3) is 0 Å². The van der Waals surface area contributed by atoms with E-state index in [4.69, 9.17) is 0 Å². The van der Waals surface area contributed by atoms with E-state index in [1.165, 1.54) is 103 Å². The zero-order valence-electron chi connectivity index (χ0n) is 24.6. The summed E-state index contributed by atoms with van der Waals surface area (Å²) >= 11 is 0. The summed E-state index contributed by atoms with van der Waals surface area (Å²) in [6, 6.07) is 35.2. The van der Waals surface area contributed by atoms with Crippen molar-refractivity contribution in [3.8, 4) is 0 Å². The van der Waals surface area contributed by atoms with E-state index >= 15 is 0 Å². The first-order chi connectivity index (χ1) is 19.9. The van der Waals surface area contributed by atoms with Crippen LogP contribution in [-0.4, -0.2) is 0 Å². The van der Waals surface area contributed by atoms with Crippen molar-refractivity contribution in [2.24, 2.45) is 0 Å². The van der Waals surface area contributed by atoms with Gasteiger partial charge in [0.25, 0.3) is 0 Å². The van der Waals surface area contributed by atoms with Gasteiger partial charge in [-0.25, -0.2) is 0 Å². The van der Waals surface area contributed by atoms with Crippen molar-refractivity contribution >= 4 is 0 Å². The molecular formula is C40H48. The highest BCUT2D eigenvalue weighted by molar-refractivity contribution is 5.31. The van der Waals surface area contributed by atoms with Crippen LogP contribution in [0, 0.1) is 0 Å². The average Bonchev–Trinajstić information content (AvgIpc) is 3.06. The molecule has 0 aromatic heterocycles.